The van der Waals surface area contributed by atoms with E-state index >= 15 is 0 Å². The molecule has 7 nitrogen and oxygen atoms in total. The van der Waals surface area contributed by atoms with E-state index in [4.69, 9.17) is 4.74 Å². The summed E-state index contributed by atoms with van der Waals surface area (Å²) in [5.74, 6) is 0.747. The summed E-state index contributed by atoms with van der Waals surface area (Å²) in [7, 11) is -0.263. The second-order valence-corrected chi connectivity index (χ2v) is 7.32. The zero-order chi connectivity index (χ0) is 16.4. The third-order valence-corrected chi connectivity index (χ3v) is 5.74. The van der Waals surface area contributed by atoms with Crippen LogP contribution in [0.1, 0.15) is 11.6 Å². The average molecular weight is 336 g/mol. The van der Waals surface area contributed by atoms with Gasteiger partial charge in [-0.25, -0.2) is 13.4 Å². The smallest absolute Gasteiger partial charge is 0.262 e. The molecular weight excluding hydrogens is 316 g/mol. The lowest BCUT2D eigenvalue weighted by atomic mass is 10.1. The van der Waals surface area contributed by atoms with Crippen LogP contribution < -0.4 is 10.1 Å². The number of nitrogens with zero attached hydrogens (tertiary/aromatic N) is 3. The standard InChI is InChI=1S/C15H20N4O3S/c1-18-10-15(17-11-18)23(20,21)19-8-7-16-9-14(19)12-3-5-13(22-2)6-4-12/h3-6,10-11,14,16H,7-9H2,1-2H3. The summed E-state index contributed by atoms with van der Waals surface area (Å²) in [5.41, 5.74) is 0.928. The van der Waals surface area contributed by atoms with Crippen molar-refractivity contribution in [3.63, 3.8) is 0 Å². The van der Waals surface area contributed by atoms with Gasteiger partial charge < -0.3 is 14.6 Å². The van der Waals surface area contributed by atoms with Crippen LogP contribution in [0.3, 0.4) is 0 Å². The summed E-state index contributed by atoms with van der Waals surface area (Å²) < 4.78 is 34.1. The fourth-order valence-corrected chi connectivity index (χ4v) is 4.31. The quantitative estimate of drug-likeness (QED) is 0.892. The van der Waals surface area contributed by atoms with Gasteiger partial charge in [-0.05, 0) is 17.7 Å². The Balaban J connectivity index is 1.94. The molecular formula is C15H20N4O3S. The van der Waals surface area contributed by atoms with Crippen LogP contribution in [0.5, 0.6) is 5.75 Å². The predicted octanol–water partition coefficient (Wildman–Crippen LogP) is 0.764. The van der Waals surface area contributed by atoms with Crippen molar-refractivity contribution in [2.45, 2.75) is 11.1 Å². The molecule has 1 fully saturated rings. The Labute approximate surface area is 135 Å². The third-order valence-electron chi connectivity index (χ3n) is 3.95. The zero-order valence-electron chi connectivity index (χ0n) is 13.1. The van der Waals surface area contributed by atoms with Crippen molar-refractivity contribution in [3.05, 3.63) is 42.4 Å². The minimum atomic E-state index is -3.62. The van der Waals surface area contributed by atoms with E-state index in [1.807, 2.05) is 24.3 Å². The molecule has 1 atom stereocenters. The van der Waals surface area contributed by atoms with Gasteiger partial charge >= 0.3 is 0 Å². The predicted molar refractivity (Wildman–Crippen MR) is 85.7 cm³/mol. The van der Waals surface area contributed by atoms with Gasteiger partial charge in [0.2, 0.25) is 0 Å². The number of piperazine rings is 1. The summed E-state index contributed by atoms with van der Waals surface area (Å²) in [4.78, 5) is 4.01. The molecule has 23 heavy (non-hydrogen) atoms. The first-order valence-corrected chi connectivity index (χ1v) is 8.81. The highest BCUT2D eigenvalue weighted by Crippen LogP contribution is 2.29. The van der Waals surface area contributed by atoms with Crippen molar-refractivity contribution in [3.8, 4) is 5.75 Å². The molecule has 1 unspecified atom stereocenters. The lowest BCUT2D eigenvalue weighted by Crippen LogP contribution is -2.48. The zero-order valence-corrected chi connectivity index (χ0v) is 14.0. The first-order valence-electron chi connectivity index (χ1n) is 7.37. The molecule has 0 aliphatic carbocycles. The minimum absolute atomic E-state index is 0.0837. The molecule has 0 bridgehead atoms. The van der Waals surface area contributed by atoms with Crippen molar-refractivity contribution in [1.82, 2.24) is 19.2 Å². The van der Waals surface area contributed by atoms with Crippen molar-refractivity contribution in [2.75, 3.05) is 26.7 Å². The monoisotopic (exact) mass is 336 g/mol. The van der Waals surface area contributed by atoms with Gasteiger partial charge in [-0.3, -0.25) is 0 Å². The number of rotatable bonds is 4. The van der Waals surface area contributed by atoms with E-state index in [1.165, 1.54) is 16.8 Å². The molecule has 0 radical (unpaired) electrons. The number of sulfonamides is 1. The summed E-state index contributed by atoms with van der Waals surface area (Å²) in [6, 6.07) is 7.22. The molecule has 0 amide bonds. The van der Waals surface area contributed by atoms with Crippen LogP contribution in [0.2, 0.25) is 0 Å². The number of benzene rings is 1. The van der Waals surface area contributed by atoms with E-state index in [-0.39, 0.29) is 11.1 Å². The van der Waals surface area contributed by atoms with E-state index in [1.54, 1.807) is 18.7 Å². The van der Waals surface area contributed by atoms with Gasteiger partial charge in [0.1, 0.15) is 5.75 Å². The topological polar surface area (TPSA) is 76.5 Å². The number of aryl methyl sites for hydroxylation is 1. The maximum atomic E-state index is 12.9. The maximum Gasteiger partial charge on any atom is 0.262 e. The third kappa shape index (κ3) is 3.10. The molecule has 124 valence electrons. The molecule has 0 spiro atoms. The summed E-state index contributed by atoms with van der Waals surface area (Å²) in [6.07, 6.45) is 3.03. The van der Waals surface area contributed by atoms with Crippen LogP contribution in [-0.2, 0) is 17.1 Å². The van der Waals surface area contributed by atoms with E-state index in [0.29, 0.717) is 19.6 Å². The Hall–Kier alpha value is -1.90. The van der Waals surface area contributed by atoms with Crippen LogP contribution in [0, 0.1) is 0 Å². The molecule has 2 heterocycles. The van der Waals surface area contributed by atoms with Gasteiger partial charge in [0.25, 0.3) is 10.0 Å². The highest BCUT2D eigenvalue weighted by molar-refractivity contribution is 7.89. The summed E-state index contributed by atoms with van der Waals surface area (Å²) in [6.45, 7) is 1.60. The molecule has 2 aromatic rings. The molecule has 3 rings (SSSR count). The van der Waals surface area contributed by atoms with Gasteiger partial charge in [-0.2, -0.15) is 4.31 Å². The van der Waals surface area contributed by atoms with E-state index in [2.05, 4.69) is 10.3 Å². The number of hydrogen-bond donors (Lipinski definition) is 1. The van der Waals surface area contributed by atoms with Crippen LogP contribution in [0.4, 0.5) is 0 Å². The van der Waals surface area contributed by atoms with Gasteiger partial charge in [-0.1, -0.05) is 12.1 Å². The number of hydrogen-bond acceptors (Lipinski definition) is 5. The van der Waals surface area contributed by atoms with Gasteiger partial charge in [0.15, 0.2) is 5.03 Å². The number of imidazole rings is 1. The van der Waals surface area contributed by atoms with E-state index in [0.717, 1.165) is 11.3 Å². The Morgan fingerprint density at radius 2 is 2.04 bits per heavy atom. The van der Waals surface area contributed by atoms with Crippen LogP contribution in [0.25, 0.3) is 0 Å². The summed E-state index contributed by atoms with van der Waals surface area (Å²) in [5, 5.41) is 3.34. The van der Waals surface area contributed by atoms with Gasteiger partial charge in [0, 0.05) is 32.9 Å². The molecule has 0 saturated carbocycles. The molecule has 1 saturated heterocycles. The number of ether oxygens (including phenoxy) is 1. The minimum Gasteiger partial charge on any atom is -0.497 e. The van der Waals surface area contributed by atoms with Crippen molar-refractivity contribution in [2.24, 2.45) is 7.05 Å². The Bertz CT molecular complexity index is 770. The van der Waals surface area contributed by atoms with E-state index < -0.39 is 10.0 Å². The Morgan fingerprint density at radius 3 is 2.65 bits per heavy atom. The average Bonchev–Trinajstić information content (AvgIpc) is 3.02. The van der Waals surface area contributed by atoms with E-state index in [9.17, 15) is 8.42 Å². The normalized spacial score (nSPS) is 19.7. The molecule has 1 aromatic heterocycles. The van der Waals surface area contributed by atoms with Crippen LogP contribution in [0.15, 0.2) is 41.8 Å². The highest BCUT2D eigenvalue weighted by atomic mass is 32.2. The van der Waals surface area contributed by atoms with Gasteiger partial charge in [-0.15, -0.1) is 0 Å². The van der Waals surface area contributed by atoms with Crippen molar-refractivity contribution < 1.29 is 13.2 Å². The first kappa shape index (κ1) is 16.0. The largest absolute Gasteiger partial charge is 0.497 e. The Kier molecular flexibility index (Phi) is 4.38. The molecule has 1 aromatic carbocycles. The fraction of sp³-hybridized carbons (Fsp3) is 0.400. The SMILES string of the molecule is COc1ccc(C2CNCCN2S(=O)(=O)c2cn(C)cn2)cc1. The lowest BCUT2D eigenvalue weighted by molar-refractivity contribution is 0.270. The van der Waals surface area contributed by atoms with Crippen LogP contribution >= 0.6 is 0 Å². The van der Waals surface area contributed by atoms with Crippen LogP contribution in [-0.4, -0.2) is 49.0 Å². The molecule has 1 N–H and O–H groups in total. The molecule has 8 heteroatoms. The molecule has 1 aliphatic heterocycles. The number of methoxy groups -OCH3 is 1. The van der Waals surface area contributed by atoms with Gasteiger partial charge in [0.05, 0.1) is 19.5 Å². The lowest BCUT2D eigenvalue weighted by Gasteiger charge is -2.34. The van der Waals surface area contributed by atoms with Crippen molar-refractivity contribution in [1.29, 1.82) is 0 Å². The second-order valence-electron chi connectivity index (χ2n) is 5.49. The summed E-state index contributed by atoms with van der Waals surface area (Å²) >= 11 is 0. The number of nitrogens with one attached hydrogen (secondary N) is 1. The number of aromatic nitrogens is 2. The maximum absolute atomic E-state index is 12.9. The first-order chi connectivity index (χ1) is 11.0. The Morgan fingerprint density at radius 1 is 1.30 bits per heavy atom. The van der Waals surface area contributed by atoms with Crippen molar-refractivity contribution >= 4 is 10.0 Å². The second kappa shape index (κ2) is 6.31. The fourth-order valence-electron chi connectivity index (χ4n) is 2.73. The molecule has 1 aliphatic rings. The highest BCUT2D eigenvalue weighted by Gasteiger charge is 2.35.